The van der Waals surface area contributed by atoms with E-state index in [0.717, 1.165) is 5.56 Å². The van der Waals surface area contributed by atoms with Crippen LogP contribution in [-0.4, -0.2) is 27.3 Å². The molecule has 0 atom stereocenters. The number of rotatable bonds is 6. The quantitative estimate of drug-likeness (QED) is 0.650. The maximum Gasteiger partial charge on any atom is 0.422 e. The summed E-state index contributed by atoms with van der Waals surface area (Å²) in [6.45, 7) is -1.11. The topological polar surface area (TPSA) is 82.2 Å². The van der Waals surface area contributed by atoms with Gasteiger partial charge in [0.25, 0.3) is 0 Å². The molecule has 0 unspecified atom stereocenters. The molecule has 1 aromatic heterocycles. The number of nitrogens with zero attached hydrogens (tertiary/aromatic N) is 3. The maximum absolute atomic E-state index is 12.0. The second kappa shape index (κ2) is 6.55. The Labute approximate surface area is 128 Å². The number of benzene rings is 1. The van der Waals surface area contributed by atoms with Crippen molar-refractivity contribution in [1.82, 2.24) is 9.55 Å². The number of aryl methyl sites for hydroxylation is 1. The molecule has 23 heavy (non-hydrogen) atoms. The van der Waals surface area contributed by atoms with Gasteiger partial charge in [-0.15, -0.1) is 0 Å². The number of aromatic nitrogens is 2. The van der Waals surface area contributed by atoms with E-state index in [4.69, 9.17) is 0 Å². The van der Waals surface area contributed by atoms with Crippen molar-refractivity contribution >= 4 is 11.6 Å². The molecule has 2 aromatic rings. The molecule has 0 bridgehead atoms. The van der Waals surface area contributed by atoms with E-state index < -0.39 is 17.7 Å². The Morgan fingerprint density at radius 1 is 1.35 bits per heavy atom. The molecule has 1 heterocycles. The summed E-state index contributed by atoms with van der Waals surface area (Å²) in [5, 5.41) is 13.7. The monoisotopic (exact) mass is 330 g/mol. The average Bonchev–Trinajstić information content (AvgIpc) is 2.84. The summed E-state index contributed by atoms with van der Waals surface area (Å²) in [5.74, 6) is 0.0441. The van der Waals surface area contributed by atoms with Gasteiger partial charge in [-0.1, -0.05) is 12.1 Å². The van der Waals surface area contributed by atoms with Gasteiger partial charge >= 0.3 is 12.0 Å². The third kappa shape index (κ3) is 4.59. The van der Waals surface area contributed by atoms with Crippen LogP contribution in [0.5, 0.6) is 5.75 Å². The van der Waals surface area contributed by atoms with E-state index in [0.29, 0.717) is 0 Å². The first-order valence-electron chi connectivity index (χ1n) is 6.44. The smallest absolute Gasteiger partial charge is 0.422 e. The van der Waals surface area contributed by atoms with Gasteiger partial charge in [-0.25, -0.2) is 0 Å². The van der Waals surface area contributed by atoms with Crippen LogP contribution in [0.25, 0.3) is 0 Å². The predicted octanol–water partition coefficient (Wildman–Crippen LogP) is 2.88. The molecule has 0 fully saturated rings. The van der Waals surface area contributed by atoms with Gasteiger partial charge in [0.05, 0.1) is 0 Å². The fraction of sp³-hybridized carbons (Fsp3) is 0.308. The highest BCUT2D eigenvalue weighted by atomic mass is 19.4. The highest BCUT2D eigenvalue weighted by molar-refractivity contribution is 5.52. The summed E-state index contributed by atoms with van der Waals surface area (Å²) in [6.07, 6.45) is -3.08. The SMILES string of the molecule is Cn1cnc([N+](=O)[O-])c1NCc1ccc(OCC(F)(F)F)cc1. The summed E-state index contributed by atoms with van der Waals surface area (Å²) < 4.78 is 42.2. The van der Waals surface area contributed by atoms with E-state index >= 15 is 0 Å². The standard InChI is InChI=1S/C13H13F3N4O3/c1-19-8-18-12(20(21)22)11(19)17-6-9-2-4-10(5-3-9)23-7-13(14,15)16/h2-5,8,17H,6-7H2,1H3. The largest absolute Gasteiger partial charge is 0.484 e. The summed E-state index contributed by atoms with van der Waals surface area (Å²) in [4.78, 5) is 13.9. The Bertz CT molecular complexity index is 683. The van der Waals surface area contributed by atoms with E-state index in [1.165, 1.54) is 23.0 Å². The Hall–Kier alpha value is -2.78. The highest BCUT2D eigenvalue weighted by Gasteiger charge is 2.28. The number of halogens is 3. The van der Waals surface area contributed by atoms with Crippen molar-refractivity contribution in [3.05, 3.63) is 46.3 Å². The molecule has 0 saturated heterocycles. The minimum absolute atomic E-state index is 0.0950. The molecule has 0 amide bonds. The normalized spacial score (nSPS) is 11.3. The van der Waals surface area contributed by atoms with Crippen LogP contribution < -0.4 is 10.1 Å². The summed E-state index contributed by atoms with van der Waals surface area (Å²) in [6, 6.07) is 5.95. The van der Waals surface area contributed by atoms with Crippen molar-refractivity contribution < 1.29 is 22.8 Å². The van der Waals surface area contributed by atoms with Crippen LogP contribution in [0.2, 0.25) is 0 Å². The number of nitro groups is 1. The fourth-order valence-corrected chi connectivity index (χ4v) is 1.81. The second-order valence-electron chi connectivity index (χ2n) is 4.69. The van der Waals surface area contributed by atoms with Crippen LogP contribution in [0.3, 0.4) is 0 Å². The third-order valence-electron chi connectivity index (χ3n) is 2.88. The van der Waals surface area contributed by atoms with Crippen molar-refractivity contribution in [2.75, 3.05) is 11.9 Å². The van der Waals surface area contributed by atoms with Crippen LogP contribution in [-0.2, 0) is 13.6 Å². The first-order valence-corrected chi connectivity index (χ1v) is 6.44. The molecule has 0 aliphatic carbocycles. The zero-order valence-electron chi connectivity index (χ0n) is 12.0. The predicted molar refractivity (Wildman–Crippen MR) is 75.2 cm³/mol. The minimum atomic E-state index is -4.39. The molecule has 1 N–H and O–H groups in total. The molecule has 7 nitrogen and oxygen atoms in total. The van der Waals surface area contributed by atoms with E-state index in [-0.39, 0.29) is 23.9 Å². The van der Waals surface area contributed by atoms with Gasteiger partial charge in [-0.3, -0.25) is 4.57 Å². The molecule has 0 saturated carbocycles. The first-order chi connectivity index (χ1) is 10.8. The van der Waals surface area contributed by atoms with Crippen LogP contribution in [0.15, 0.2) is 30.6 Å². The van der Waals surface area contributed by atoms with Gasteiger partial charge in [0, 0.05) is 13.6 Å². The van der Waals surface area contributed by atoms with Crippen molar-refractivity contribution in [3.8, 4) is 5.75 Å². The molecule has 1 aromatic carbocycles. The lowest BCUT2D eigenvalue weighted by Gasteiger charge is -2.10. The van der Waals surface area contributed by atoms with Crippen LogP contribution in [0.4, 0.5) is 24.8 Å². The molecule has 0 aliphatic heterocycles. The number of ether oxygens (including phenoxy) is 1. The van der Waals surface area contributed by atoms with Gasteiger partial charge in [0.1, 0.15) is 5.75 Å². The molecule has 124 valence electrons. The lowest BCUT2D eigenvalue weighted by molar-refractivity contribution is -0.388. The van der Waals surface area contributed by atoms with Crippen LogP contribution in [0.1, 0.15) is 5.56 Å². The Morgan fingerprint density at radius 2 is 2.00 bits per heavy atom. The van der Waals surface area contributed by atoms with Gasteiger partial charge in [0.15, 0.2) is 6.61 Å². The number of hydrogen-bond acceptors (Lipinski definition) is 5. The van der Waals surface area contributed by atoms with Crippen molar-refractivity contribution in [2.45, 2.75) is 12.7 Å². The number of nitrogens with one attached hydrogen (secondary N) is 1. The van der Waals surface area contributed by atoms with Crippen molar-refractivity contribution in [1.29, 1.82) is 0 Å². The molecule has 0 radical (unpaired) electrons. The van der Waals surface area contributed by atoms with Crippen LogP contribution >= 0.6 is 0 Å². The first kappa shape index (κ1) is 16.6. The number of imidazole rings is 1. The molecule has 10 heteroatoms. The zero-order valence-corrected chi connectivity index (χ0v) is 12.0. The molecule has 2 rings (SSSR count). The number of anilines is 1. The highest BCUT2D eigenvalue weighted by Crippen LogP contribution is 2.22. The van der Waals surface area contributed by atoms with Crippen molar-refractivity contribution in [3.63, 3.8) is 0 Å². The second-order valence-corrected chi connectivity index (χ2v) is 4.69. The Morgan fingerprint density at radius 3 is 2.57 bits per heavy atom. The van der Waals surface area contributed by atoms with Gasteiger partial charge in [-0.05, 0) is 27.6 Å². The molecule has 0 aliphatic rings. The van der Waals surface area contributed by atoms with E-state index in [1.54, 1.807) is 19.2 Å². The summed E-state index contributed by atoms with van der Waals surface area (Å²) >= 11 is 0. The third-order valence-corrected chi connectivity index (χ3v) is 2.88. The summed E-state index contributed by atoms with van der Waals surface area (Å²) in [7, 11) is 1.61. The zero-order chi connectivity index (χ0) is 17.0. The average molecular weight is 330 g/mol. The van der Waals surface area contributed by atoms with E-state index in [1.807, 2.05) is 0 Å². The van der Waals surface area contributed by atoms with Crippen LogP contribution in [0, 0.1) is 10.1 Å². The number of alkyl halides is 3. The number of hydrogen-bond donors (Lipinski definition) is 1. The fourth-order valence-electron chi connectivity index (χ4n) is 1.81. The van der Waals surface area contributed by atoms with Gasteiger partial charge < -0.3 is 20.2 Å². The van der Waals surface area contributed by atoms with Gasteiger partial charge in [0.2, 0.25) is 12.1 Å². The Kier molecular flexibility index (Phi) is 4.72. The minimum Gasteiger partial charge on any atom is -0.484 e. The molecular formula is C13H13F3N4O3. The molecule has 0 spiro atoms. The van der Waals surface area contributed by atoms with E-state index in [2.05, 4.69) is 15.0 Å². The molecular weight excluding hydrogens is 317 g/mol. The Balaban J connectivity index is 1.97. The van der Waals surface area contributed by atoms with E-state index in [9.17, 15) is 23.3 Å². The lowest BCUT2D eigenvalue weighted by Crippen LogP contribution is -2.19. The van der Waals surface area contributed by atoms with Crippen molar-refractivity contribution in [2.24, 2.45) is 7.05 Å². The van der Waals surface area contributed by atoms with Gasteiger partial charge in [-0.2, -0.15) is 13.2 Å². The lowest BCUT2D eigenvalue weighted by atomic mass is 10.2. The summed E-state index contributed by atoms with van der Waals surface area (Å²) in [5.41, 5.74) is 0.722. The maximum atomic E-state index is 12.0.